The van der Waals surface area contributed by atoms with Gasteiger partial charge in [0.15, 0.2) is 0 Å². The molecule has 2 unspecified atom stereocenters. The van der Waals surface area contributed by atoms with Crippen molar-refractivity contribution >= 4 is 33.0 Å². The summed E-state index contributed by atoms with van der Waals surface area (Å²) in [5.41, 5.74) is 6.49. The average Bonchev–Trinajstić information content (AvgIpc) is 2.75. The van der Waals surface area contributed by atoms with Gasteiger partial charge in [-0.05, 0) is 18.9 Å². The van der Waals surface area contributed by atoms with Gasteiger partial charge in [0.1, 0.15) is 4.88 Å². The van der Waals surface area contributed by atoms with Crippen molar-refractivity contribution in [1.29, 1.82) is 0 Å². The first-order valence-corrected chi connectivity index (χ1v) is 6.90. The van der Waals surface area contributed by atoms with Crippen LogP contribution in [0.3, 0.4) is 0 Å². The highest BCUT2D eigenvalue weighted by Gasteiger charge is 2.20. The highest BCUT2D eigenvalue weighted by Crippen LogP contribution is 2.32. The van der Waals surface area contributed by atoms with Gasteiger partial charge >= 0.3 is 0 Å². The van der Waals surface area contributed by atoms with E-state index in [1.165, 1.54) is 11.3 Å². The van der Waals surface area contributed by atoms with E-state index in [4.69, 9.17) is 10.8 Å². The molecule has 2 aromatic heterocycles. The molecule has 0 aliphatic carbocycles. The Kier molecular flexibility index (Phi) is 4.01. The molecule has 4 N–H and O–H groups in total. The van der Waals surface area contributed by atoms with Crippen LogP contribution in [0.2, 0.25) is 0 Å². The number of carbonyl (C=O) groups is 1. The molecule has 2 atom stereocenters. The number of thiophene rings is 1. The van der Waals surface area contributed by atoms with Gasteiger partial charge in [-0.1, -0.05) is 6.92 Å². The summed E-state index contributed by atoms with van der Waals surface area (Å²) >= 11 is 1.33. The van der Waals surface area contributed by atoms with Crippen molar-refractivity contribution in [2.24, 2.45) is 5.92 Å². The molecule has 2 heterocycles. The van der Waals surface area contributed by atoms with Gasteiger partial charge in [0.05, 0.1) is 10.4 Å². The maximum Gasteiger partial charge on any atom is 0.263 e. The van der Waals surface area contributed by atoms with E-state index in [9.17, 15) is 4.79 Å². The summed E-state index contributed by atoms with van der Waals surface area (Å²) in [5, 5.41) is 12.8. The van der Waals surface area contributed by atoms with Crippen LogP contribution in [-0.4, -0.2) is 28.6 Å². The largest absolute Gasteiger partial charge is 0.397 e. The number of hydrogen-bond donors (Lipinski definition) is 3. The molecule has 19 heavy (non-hydrogen) atoms. The lowest BCUT2D eigenvalue weighted by molar-refractivity contribution is 0.0921. The highest BCUT2D eigenvalue weighted by molar-refractivity contribution is 7.21. The fourth-order valence-electron chi connectivity index (χ4n) is 1.71. The standard InChI is InChI=1S/C13H17N3O2S/c1-7(6-17)8(2)16-13(18)12-11(14)9-3-4-15-5-10(9)19-12/h3-5,7-8,17H,6,14H2,1-2H3,(H,16,18). The molecule has 102 valence electrons. The molecule has 0 bridgehead atoms. The highest BCUT2D eigenvalue weighted by atomic mass is 32.1. The normalized spacial score (nSPS) is 14.3. The second-order valence-electron chi connectivity index (χ2n) is 4.64. The summed E-state index contributed by atoms with van der Waals surface area (Å²) in [6.07, 6.45) is 3.36. The number of anilines is 1. The second-order valence-corrected chi connectivity index (χ2v) is 5.69. The molecule has 1 amide bonds. The average molecular weight is 279 g/mol. The van der Waals surface area contributed by atoms with Crippen molar-refractivity contribution < 1.29 is 9.90 Å². The first kappa shape index (κ1) is 13.8. The maximum absolute atomic E-state index is 12.2. The molecule has 5 nitrogen and oxygen atoms in total. The molecular formula is C13H17N3O2S. The van der Waals surface area contributed by atoms with Gasteiger partial charge < -0.3 is 16.2 Å². The third kappa shape index (κ3) is 2.69. The van der Waals surface area contributed by atoms with E-state index < -0.39 is 0 Å². The van der Waals surface area contributed by atoms with Crippen LogP contribution < -0.4 is 11.1 Å². The quantitative estimate of drug-likeness (QED) is 0.793. The first-order chi connectivity index (χ1) is 9.04. The van der Waals surface area contributed by atoms with E-state index in [1.807, 2.05) is 13.8 Å². The number of fused-ring (bicyclic) bond motifs is 1. The monoisotopic (exact) mass is 279 g/mol. The Morgan fingerprint density at radius 1 is 1.58 bits per heavy atom. The van der Waals surface area contributed by atoms with E-state index in [1.54, 1.807) is 18.5 Å². The van der Waals surface area contributed by atoms with Gasteiger partial charge in [0, 0.05) is 30.4 Å². The fraction of sp³-hybridized carbons (Fsp3) is 0.385. The number of aliphatic hydroxyl groups is 1. The predicted octanol–water partition coefficient (Wildman–Crippen LogP) is 1.63. The molecule has 0 radical (unpaired) electrons. The van der Waals surface area contributed by atoms with Crippen molar-refractivity contribution in [2.45, 2.75) is 19.9 Å². The topological polar surface area (TPSA) is 88.2 Å². The Balaban J connectivity index is 2.24. The van der Waals surface area contributed by atoms with Gasteiger partial charge in [-0.2, -0.15) is 0 Å². The van der Waals surface area contributed by atoms with Crippen LogP contribution in [0.25, 0.3) is 10.1 Å². The number of hydrogen-bond acceptors (Lipinski definition) is 5. The lowest BCUT2D eigenvalue weighted by Gasteiger charge is -2.18. The first-order valence-electron chi connectivity index (χ1n) is 6.08. The number of nitrogens with zero attached hydrogens (tertiary/aromatic N) is 1. The summed E-state index contributed by atoms with van der Waals surface area (Å²) < 4.78 is 0.896. The van der Waals surface area contributed by atoms with E-state index >= 15 is 0 Å². The van der Waals surface area contributed by atoms with Crippen molar-refractivity contribution in [3.05, 3.63) is 23.3 Å². The third-order valence-corrected chi connectivity index (χ3v) is 4.39. The van der Waals surface area contributed by atoms with Crippen molar-refractivity contribution in [2.75, 3.05) is 12.3 Å². The minimum Gasteiger partial charge on any atom is -0.397 e. The Morgan fingerprint density at radius 2 is 2.32 bits per heavy atom. The fourth-order valence-corrected chi connectivity index (χ4v) is 2.71. The van der Waals surface area contributed by atoms with Gasteiger partial charge in [-0.3, -0.25) is 9.78 Å². The third-order valence-electron chi connectivity index (χ3n) is 3.24. The van der Waals surface area contributed by atoms with E-state index in [-0.39, 0.29) is 24.5 Å². The molecule has 0 aliphatic heterocycles. The number of aliphatic hydroxyl groups excluding tert-OH is 1. The van der Waals surface area contributed by atoms with Gasteiger partial charge in [-0.15, -0.1) is 11.3 Å². The summed E-state index contributed by atoms with van der Waals surface area (Å²) in [7, 11) is 0. The van der Waals surface area contributed by atoms with Gasteiger partial charge in [-0.25, -0.2) is 0 Å². The summed E-state index contributed by atoms with van der Waals surface area (Å²) in [4.78, 5) is 16.7. The van der Waals surface area contributed by atoms with Crippen LogP contribution >= 0.6 is 11.3 Å². The Hall–Kier alpha value is -1.66. The molecule has 0 saturated heterocycles. The number of rotatable bonds is 4. The number of amides is 1. The molecule has 6 heteroatoms. The lowest BCUT2D eigenvalue weighted by Crippen LogP contribution is -2.38. The summed E-state index contributed by atoms with van der Waals surface area (Å²) in [6.45, 7) is 3.78. The second kappa shape index (κ2) is 5.54. The SMILES string of the molecule is CC(CO)C(C)NC(=O)c1sc2cnccc2c1N. The zero-order chi connectivity index (χ0) is 14.0. The van der Waals surface area contributed by atoms with E-state index in [0.29, 0.717) is 10.6 Å². The Morgan fingerprint density at radius 3 is 2.95 bits per heavy atom. The predicted molar refractivity (Wildman–Crippen MR) is 77.2 cm³/mol. The smallest absolute Gasteiger partial charge is 0.263 e. The number of nitrogens with one attached hydrogen (secondary N) is 1. The van der Waals surface area contributed by atoms with E-state index in [2.05, 4.69) is 10.3 Å². The van der Waals surface area contributed by atoms with Crippen LogP contribution in [0.1, 0.15) is 23.5 Å². The zero-order valence-electron chi connectivity index (χ0n) is 10.9. The van der Waals surface area contributed by atoms with Gasteiger partial charge in [0.2, 0.25) is 0 Å². The molecule has 0 spiro atoms. The van der Waals surface area contributed by atoms with Gasteiger partial charge in [0.25, 0.3) is 5.91 Å². The minimum atomic E-state index is -0.202. The van der Waals surface area contributed by atoms with Crippen LogP contribution in [0.5, 0.6) is 0 Å². The minimum absolute atomic E-state index is 0.00113. The molecule has 2 aromatic rings. The molecule has 0 aliphatic rings. The molecule has 0 saturated carbocycles. The van der Waals surface area contributed by atoms with Crippen LogP contribution in [0, 0.1) is 5.92 Å². The van der Waals surface area contributed by atoms with Crippen molar-refractivity contribution in [3.63, 3.8) is 0 Å². The zero-order valence-corrected chi connectivity index (χ0v) is 11.7. The number of aromatic nitrogens is 1. The van der Waals surface area contributed by atoms with Crippen molar-refractivity contribution in [1.82, 2.24) is 10.3 Å². The summed E-state index contributed by atoms with van der Waals surface area (Å²) in [5.74, 6) is -0.201. The maximum atomic E-state index is 12.2. The molecule has 0 aromatic carbocycles. The Bertz CT molecular complexity index is 597. The van der Waals surface area contributed by atoms with Crippen molar-refractivity contribution in [3.8, 4) is 0 Å². The number of nitrogens with two attached hydrogens (primary N) is 1. The molecular weight excluding hydrogens is 262 g/mol. The van der Waals surface area contributed by atoms with Crippen LogP contribution in [-0.2, 0) is 0 Å². The Labute approximate surface area is 115 Å². The lowest BCUT2D eigenvalue weighted by atomic mass is 10.1. The summed E-state index contributed by atoms with van der Waals surface area (Å²) in [6, 6.07) is 1.69. The van der Waals surface area contributed by atoms with E-state index in [0.717, 1.165) is 10.1 Å². The molecule has 2 rings (SSSR count). The number of carbonyl (C=O) groups excluding carboxylic acids is 1. The number of pyridine rings is 1. The number of nitrogen functional groups attached to an aromatic ring is 1. The van der Waals surface area contributed by atoms with Crippen LogP contribution in [0.15, 0.2) is 18.5 Å². The van der Waals surface area contributed by atoms with Crippen LogP contribution in [0.4, 0.5) is 5.69 Å². The molecule has 0 fully saturated rings.